The van der Waals surface area contributed by atoms with Crippen molar-refractivity contribution >= 4 is 11.7 Å². The fourth-order valence-corrected chi connectivity index (χ4v) is 2.38. The van der Waals surface area contributed by atoms with Gasteiger partial charge in [-0.2, -0.15) is 0 Å². The Hall–Kier alpha value is -0.940. The van der Waals surface area contributed by atoms with E-state index < -0.39 is 0 Å². The molecular formula is C14H26N2O3. The van der Waals surface area contributed by atoms with Crippen LogP contribution in [0.1, 0.15) is 33.1 Å². The third-order valence-corrected chi connectivity index (χ3v) is 3.80. The average Bonchev–Trinajstić information content (AvgIpc) is 2.43. The molecule has 1 heterocycles. The molecule has 5 nitrogen and oxygen atoms in total. The number of hydrogen-bond acceptors (Lipinski definition) is 4. The van der Waals surface area contributed by atoms with Crippen LogP contribution in [0.15, 0.2) is 0 Å². The molecule has 0 saturated carbocycles. The van der Waals surface area contributed by atoms with E-state index in [1.54, 1.807) is 7.11 Å². The van der Waals surface area contributed by atoms with Crippen molar-refractivity contribution in [3.05, 3.63) is 0 Å². The van der Waals surface area contributed by atoms with Crippen molar-refractivity contribution in [2.75, 3.05) is 33.4 Å². The number of carbonyl (C=O) groups excluding carboxylic acids is 2. The van der Waals surface area contributed by atoms with Gasteiger partial charge in [0.1, 0.15) is 5.78 Å². The Bertz CT molecular complexity index is 307. The highest BCUT2D eigenvalue weighted by molar-refractivity contribution is 5.84. The van der Waals surface area contributed by atoms with Crippen molar-refractivity contribution in [1.29, 1.82) is 0 Å². The molecule has 19 heavy (non-hydrogen) atoms. The highest BCUT2D eigenvalue weighted by Crippen LogP contribution is 2.18. The quantitative estimate of drug-likeness (QED) is 0.696. The van der Waals surface area contributed by atoms with Crippen LogP contribution in [0.3, 0.4) is 0 Å². The van der Waals surface area contributed by atoms with Gasteiger partial charge in [0.25, 0.3) is 0 Å². The van der Waals surface area contributed by atoms with Crippen LogP contribution in [0, 0.1) is 5.92 Å². The first-order valence-corrected chi connectivity index (χ1v) is 7.13. The summed E-state index contributed by atoms with van der Waals surface area (Å²) in [7, 11) is 1.65. The summed E-state index contributed by atoms with van der Waals surface area (Å²) >= 11 is 0. The molecule has 0 spiro atoms. The van der Waals surface area contributed by atoms with Gasteiger partial charge in [-0.05, 0) is 19.8 Å². The van der Waals surface area contributed by atoms with Crippen LogP contribution in [0.5, 0.6) is 0 Å². The number of Topliss-reactive ketones (excluding diaryl/α,β-unsaturated/α-hetero) is 1. The molecule has 1 saturated heterocycles. The molecule has 1 aliphatic heterocycles. The molecule has 1 rings (SSSR count). The first kappa shape index (κ1) is 16.1. The number of hydrogen-bond donors (Lipinski definition) is 1. The maximum atomic E-state index is 12.0. The number of ether oxygens (including phenoxy) is 1. The lowest BCUT2D eigenvalue weighted by Crippen LogP contribution is -2.51. The van der Waals surface area contributed by atoms with Gasteiger partial charge in [-0.25, -0.2) is 0 Å². The summed E-state index contributed by atoms with van der Waals surface area (Å²) in [5.74, 6) is 0.476. The van der Waals surface area contributed by atoms with E-state index in [1.807, 2.05) is 13.8 Å². The molecule has 0 radical (unpaired) electrons. The van der Waals surface area contributed by atoms with Crippen LogP contribution in [0.25, 0.3) is 0 Å². The van der Waals surface area contributed by atoms with Crippen LogP contribution in [-0.2, 0) is 14.3 Å². The maximum Gasteiger partial charge on any atom is 0.237 e. The molecule has 2 atom stereocenters. The Labute approximate surface area is 115 Å². The largest absolute Gasteiger partial charge is 0.385 e. The molecule has 1 N–H and O–H groups in total. The lowest BCUT2D eigenvalue weighted by atomic mass is 9.93. The fourth-order valence-electron chi connectivity index (χ4n) is 2.38. The van der Waals surface area contributed by atoms with Crippen LogP contribution in [-0.4, -0.2) is 56.0 Å². The topological polar surface area (TPSA) is 58.6 Å². The van der Waals surface area contributed by atoms with Gasteiger partial charge < -0.3 is 10.1 Å². The number of nitrogens with zero attached hydrogens (tertiary/aromatic N) is 1. The van der Waals surface area contributed by atoms with Gasteiger partial charge in [0.15, 0.2) is 0 Å². The molecule has 0 aliphatic carbocycles. The second kappa shape index (κ2) is 8.27. The molecule has 2 unspecified atom stereocenters. The van der Waals surface area contributed by atoms with Crippen molar-refractivity contribution in [2.45, 2.75) is 39.2 Å². The monoisotopic (exact) mass is 270 g/mol. The van der Waals surface area contributed by atoms with Crippen LogP contribution < -0.4 is 5.32 Å². The van der Waals surface area contributed by atoms with E-state index in [2.05, 4.69) is 10.2 Å². The summed E-state index contributed by atoms with van der Waals surface area (Å²) in [4.78, 5) is 25.8. The fraction of sp³-hybridized carbons (Fsp3) is 0.857. The molecule has 5 heteroatoms. The zero-order valence-corrected chi connectivity index (χ0v) is 12.3. The summed E-state index contributed by atoms with van der Waals surface area (Å²) in [6.45, 7) is 6.64. The molecule has 110 valence electrons. The number of nitrogens with one attached hydrogen (secondary N) is 1. The van der Waals surface area contributed by atoms with Gasteiger partial charge in [0.2, 0.25) is 5.91 Å². The van der Waals surface area contributed by atoms with Crippen LogP contribution in [0.4, 0.5) is 0 Å². The number of rotatable bonds is 7. The second-order valence-corrected chi connectivity index (χ2v) is 5.13. The summed E-state index contributed by atoms with van der Waals surface area (Å²) in [5.41, 5.74) is 0. The Morgan fingerprint density at radius 1 is 1.58 bits per heavy atom. The Morgan fingerprint density at radius 2 is 2.32 bits per heavy atom. The van der Waals surface area contributed by atoms with Gasteiger partial charge in [-0.3, -0.25) is 14.5 Å². The SMILES string of the molecule is CCC1CN(C(C)C(=O)NCCCOC)CCC1=O. The first-order valence-electron chi connectivity index (χ1n) is 7.13. The predicted octanol–water partition coefficient (Wildman–Crippen LogP) is 0.829. The third-order valence-electron chi connectivity index (χ3n) is 3.80. The van der Waals surface area contributed by atoms with Gasteiger partial charge in [0, 0.05) is 45.7 Å². The van der Waals surface area contributed by atoms with Crippen molar-refractivity contribution in [3.8, 4) is 0 Å². The van der Waals surface area contributed by atoms with E-state index in [-0.39, 0.29) is 17.9 Å². The van der Waals surface area contributed by atoms with Crippen molar-refractivity contribution in [1.82, 2.24) is 10.2 Å². The summed E-state index contributed by atoms with van der Waals surface area (Å²) in [6.07, 6.45) is 2.25. The summed E-state index contributed by atoms with van der Waals surface area (Å²) in [5, 5.41) is 2.91. The number of ketones is 1. The Morgan fingerprint density at radius 3 is 2.95 bits per heavy atom. The normalized spacial score (nSPS) is 22.3. The van der Waals surface area contributed by atoms with Crippen molar-refractivity contribution in [2.24, 2.45) is 5.92 Å². The highest BCUT2D eigenvalue weighted by atomic mass is 16.5. The lowest BCUT2D eigenvalue weighted by molar-refractivity contribution is -0.132. The smallest absolute Gasteiger partial charge is 0.237 e. The Kier molecular flexibility index (Phi) is 7.02. The van der Waals surface area contributed by atoms with E-state index in [9.17, 15) is 9.59 Å². The van der Waals surface area contributed by atoms with E-state index >= 15 is 0 Å². The predicted molar refractivity (Wildman–Crippen MR) is 73.9 cm³/mol. The molecule has 1 amide bonds. The average molecular weight is 270 g/mol. The molecule has 1 aliphatic rings. The van der Waals surface area contributed by atoms with Gasteiger partial charge >= 0.3 is 0 Å². The molecular weight excluding hydrogens is 244 g/mol. The standard InChI is InChI=1S/C14H26N2O3/c1-4-12-10-16(8-6-13(12)17)11(2)14(18)15-7-5-9-19-3/h11-12H,4-10H2,1-3H3,(H,15,18). The van der Waals surface area contributed by atoms with Gasteiger partial charge in [0.05, 0.1) is 6.04 Å². The van der Waals surface area contributed by atoms with E-state index in [0.717, 1.165) is 12.8 Å². The van der Waals surface area contributed by atoms with E-state index in [4.69, 9.17) is 4.74 Å². The zero-order valence-electron chi connectivity index (χ0n) is 12.3. The number of methoxy groups -OCH3 is 1. The van der Waals surface area contributed by atoms with Gasteiger partial charge in [-0.15, -0.1) is 0 Å². The number of likely N-dealkylation sites (tertiary alicyclic amines) is 1. The van der Waals surface area contributed by atoms with Crippen molar-refractivity contribution in [3.63, 3.8) is 0 Å². The van der Waals surface area contributed by atoms with E-state index in [0.29, 0.717) is 38.4 Å². The minimum Gasteiger partial charge on any atom is -0.385 e. The first-order chi connectivity index (χ1) is 9.10. The van der Waals surface area contributed by atoms with Crippen molar-refractivity contribution < 1.29 is 14.3 Å². The highest BCUT2D eigenvalue weighted by Gasteiger charge is 2.30. The number of carbonyl (C=O) groups is 2. The number of amides is 1. The van der Waals surface area contributed by atoms with Gasteiger partial charge in [-0.1, -0.05) is 6.92 Å². The Balaban J connectivity index is 2.37. The zero-order chi connectivity index (χ0) is 14.3. The molecule has 0 bridgehead atoms. The summed E-state index contributed by atoms with van der Waals surface area (Å²) < 4.78 is 4.94. The third kappa shape index (κ3) is 4.91. The maximum absolute atomic E-state index is 12.0. The minimum atomic E-state index is -0.162. The molecule has 0 aromatic carbocycles. The minimum absolute atomic E-state index is 0.0419. The van der Waals surface area contributed by atoms with Crippen LogP contribution in [0.2, 0.25) is 0 Å². The second-order valence-electron chi connectivity index (χ2n) is 5.13. The molecule has 0 aromatic rings. The molecule has 0 aromatic heterocycles. The summed E-state index contributed by atoms with van der Waals surface area (Å²) in [6, 6.07) is -0.162. The lowest BCUT2D eigenvalue weighted by Gasteiger charge is -2.34. The number of piperidine rings is 1. The molecule has 1 fully saturated rings. The van der Waals surface area contributed by atoms with E-state index in [1.165, 1.54) is 0 Å². The van der Waals surface area contributed by atoms with Crippen LogP contribution >= 0.6 is 0 Å².